The minimum atomic E-state index is -0.721. The van der Waals surface area contributed by atoms with Gasteiger partial charge in [-0.25, -0.2) is 0 Å². The predicted octanol–water partition coefficient (Wildman–Crippen LogP) is 0.182. The van der Waals surface area contributed by atoms with Gasteiger partial charge in [0.05, 0.1) is 5.54 Å². The average Bonchev–Trinajstić information content (AvgIpc) is 2.03. The van der Waals surface area contributed by atoms with Crippen molar-refractivity contribution in [3.8, 4) is 0 Å². The number of carbonyl (C=O) groups is 1. The molecule has 3 N–H and O–H groups in total. The second-order valence-electron chi connectivity index (χ2n) is 4.23. The number of rotatable bonds is 6. The average molecular weight is 201 g/mol. The van der Waals surface area contributed by atoms with Crippen molar-refractivity contribution in [2.75, 3.05) is 27.2 Å². The molecule has 0 aromatic carbocycles. The molecule has 0 aromatic rings. The molecule has 0 aromatic heterocycles. The van der Waals surface area contributed by atoms with E-state index in [4.69, 9.17) is 5.73 Å². The third kappa shape index (κ3) is 5.19. The minimum absolute atomic E-state index is 0.0544. The molecule has 14 heavy (non-hydrogen) atoms. The van der Waals surface area contributed by atoms with Gasteiger partial charge in [-0.1, -0.05) is 13.3 Å². The van der Waals surface area contributed by atoms with Gasteiger partial charge < -0.3 is 16.0 Å². The third-order valence-electron chi connectivity index (χ3n) is 2.13. The van der Waals surface area contributed by atoms with Crippen LogP contribution in [0.2, 0.25) is 0 Å². The largest absolute Gasteiger partial charge is 0.353 e. The van der Waals surface area contributed by atoms with Crippen LogP contribution in [-0.2, 0) is 4.79 Å². The fourth-order valence-electron chi connectivity index (χ4n) is 1.23. The highest BCUT2D eigenvalue weighted by atomic mass is 16.2. The molecule has 0 aliphatic rings. The first kappa shape index (κ1) is 13.4. The van der Waals surface area contributed by atoms with Gasteiger partial charge in [-0.3, -0.25) is 4.79 Å². The van der Waals surface area contributed by atoms with E-state index in [1.807, 2.05) is 25.9 Å². The van der Waals surface area contributed by atoms with Crippen molar-refractivity contribution in [2.24, 2.45) is 5.73 Å². The molecule has 0 fully saturated rings. The number of likely N-dealkylation sites (N-methyl/N-ethyl adjacent to an activating group) is 1. The lowest BCUT2D eigenvalue weighted by Crippen LogP contribution is -2.52. The normalized spacial score (nSPS) is 15.3. The molecule has 0 heterocycles. The van der Waals surface area contributed by atoms with Gasteiger partial charge in [0.2, 0.25) is 5.91 Å². The van der Waals surface area contributed by atoms with Crippen LogP contribution in [0.3, 0.4) is 0 Å². The summed E-state index contributed by atoms with van der Waals surface area (Å²) in [7, 11) is 3.94. The standard InChI is InChI=1S/C10H23N3O/c1-5-6-10(2,11)9(14)12-7-8-13(3)4/h5-8,11H2,1-4H3,(H,12,14). The zero-order valence-electron chi connectivity index (χ0n) is 9.76. The molecule has 4 heteroatoms. The summed E-state index contributed by atoms with van der Waals surface area (Å²) >= 11 is 0. The molecule has 1 amide bonds. The van der Waals surface area contributed by atoms with Crippen LogP contribution in [0.1, 0.15) is 26.7 Å². The quantitative estimate of drug-likeness (QED) is 0.644. The van der Waals surface area contributed by atoms with Crippen LogP contribution in [0.25, 0.3) is 0 Å². The molecule has 0 aliphatic carbocycles. The molecule has 0 aliphatic heterocycles. The SMILES string of the molecule is CCCC(C)(N)C(=O)NCCN(C)C. The van der Waals surface area contributed by atoms with Crippen LogP contribution >= 0.6 is 0 Å². The Bertz CT molecular complexity index is 178. The van der Waals surface area contributed by atoms with Gasteiger partial charge >= 0.3 is 0 Å². The Labute approximate surface area is 86.8 Å². The van der Waals surface area contributed by atoms with Gasteiger partial charge in [-0.15, -0.1) is 0 Å². The van der Waals surface area contributed by atoms with Gasteiger partial charge in [0, 0.05) is 13.1 Å². The number of nitrogens with zero attached hydrogens (tertiary/aromatic N) is 1. The van der Waals surface area contributed by atoms with E-state index in [1.165, 1.54) is 0 Å². The van der Waals surface area contributed by atoms with Gasteiger partial charge in [-0.05, 0) is 27.4 Å². The van der Waals surface area contributed by atoms with Crippen molar-refractivity contribution < 1.29 is 4.79 Å². The summed E-state index contributed by atoms with van der Waals surface area (Å²) in [5.74, 6) is -0.0544. The summed E-state index contributed by atoms with van der Waals surface area (Å²) in [6.45, 7) is 5.30. The second kappa shape index (κ2) is 5.98. The third-order valence-corrected chi connectivity index (χ3v) is 2.13. The maximum atomic E-state index is 11.6. The fourth-order valence-corrected chi connectivity index (χ4v) is 1.23. The van der Waals surface area contributed by atoms with E-state index in [1.54, 1.807) is 6.92 Å². The van der Waals surface area contributed by atoms with E-state index in [0.717, 1.165) is 19.4 Å². The van der Waals surface area contributed by atoms with Crippen LogP contribution in [0.5, 0.6) is 0 Å². The molecule has 0 bridgehead atoms. The molecule has 0 radical (unpaired) electrons. The van der Waals surface area contributed by atoms with Crippen molar-refractivity contribution >= 4 is 5.91 Å². The Morgan fingerprint density at radius 2 is 2.07 bits per heavy atom. The molecule has 0 saturated heterocycles. The minimum Gasteiger partial charge on any atom is -0.353 e. The molecular formula is C10H23N3O. The van der Waals surface area contributed by atoms with Gasteiger partial charge in [-0.2, -0.15) is 0 Å². The summed E-state index contributed by atoms with van der Waals surface area (Å²) in [6.07, 6.45) is 1.65. The molecular weight excluding hydrogens is 178 g/mol. The molecule has 0 rings (SSSR count). The maximum Gasteiger partial charge on any atom is 0.239 e. The van der Waals surface area contributed by atoms with Crippen molar-refractivity contribution in [3.05, 3.63) is 0 Å². The summed E-state index contributed by atoms with van der Waals surface area (Å²) < 4.78 is 0. The van der Waals surface area contributed by atoms with Gasteiger partial charge in [0.15, 0.2) is 0 Å². The number of nitrogens with two attached hydrogens (primary N) is 1. The maximum absolute atomic E-state index is 11.6. The molecule has 1 unspecified atom stereocenters. The van der Waals surface area contributed by atoms with Crippen LogP contribution in [0.15, 0.2) is 0 Å². The smallest absolute Gasteiger partial charge is 0.239 e. The van der Waals surface area contributed by atoms with E-state index in [-0.39, 0.29) is 5.91 Å². The van der Waals surface area contributed by atoms with Crippen LogP contribution in [-0.4, -0.2) is 43.5 Å². The van der Waals surface area contributed by atoms with Crippen molar-refractivity contribution in [3.63, 3.8) is 0 Å². The van der Waals surface area contributed by atoms with E-state index < -0.39 is 5.54 Å². The number of carbonyl (C=O) groups excluding carboxylic acids is 1. The second-order valence-corrected chi connectivity index (χ2v) is 4.23. The first-order chi connectivity index (χ1) is 6.40. The predicted molar refractivity (Wildman–Crippen MR) is 59.1 cm³/mol. The zero-order valence-corrected chi connectivity index (χ0v) is 9.76. The zero-order chi connectivity index (χ0) is 11.2. The van der Waals surface area contributed by atoms with E-state index in [2.05, 4.69) is 5.32 Å². The highest BCUT2D eigenvalue weighted by Gasteiger charge is 2.26. The summed E-state index contributed by atoms with van der Waals surface area (Å²) in [4.78, 5) is 13.6. The highest BCUT2D eigenvalue weighted by Crippen LogP contribution is 2.07. The van der Waals surface area contributed by atoms with Crippen LogP contribution in [0, 0.1) is 0 Å². The van der Waals surface area contributed by atoms with Crippen molar-refractivity contribution in [1.29, 1.82) is 0 Å². The lowest BCUT2D eigenvalue weighted by atomic mass is 9.97. The first-order valence-corrected chi connectivity index (χ1v) is 5.12. The van der Waals surface area contributed by atoms with E-state index >= 15 is 0 Å². The Morgan fingerprint density at radius 1 is 1.50 bits per heavy atom. The lowest BCUT2D eigenvalue weighted by molar-refractivity contribution is -0.126. The Morgan fingerprint density at radius 3 is 2.50 bits per heavy atom. The van der Waals surface area contributed by atoms with E-state index in [9.17, 15) is 4.79 Å². The summed E-state index contributed by atoms with van der Waals surface area (Å²) in [5.41, 5.74) is 5.14. The van der Waals surface area contributed by atoms with Gasteiger partial charge in [0.1, 0.15) is 0 Å². The molecule has 0 spiro atoms. The first-order valence-electron chi connectivity index (χ1n) is 5.12. The number of nitrogens with one attached hydrogen (secondary N) is 1. The fraction of sp³-hybridized carbons (Fsp3) is 0.900. The van der Waals surface area contributed by atoms with Gasteiger partial charge in [0.25, 0.3) is 0 Å². The van der Waals surface area contributed by atoms with E-state index in [0.29, 0.717) is 6.54 Å². The molecule has 84 valence electrons. The molecule has 0 saturated carbocycles. The monoisotopic (exact) mass is 201 g/mol. The molecule has 1 atom stereocenters. The Kier molecular flexibility index (Phi) is 5.72. The number of hydrogen-bond donors (Lipinski definition) is 2. The summed E-state index contributed by atoms with van der Waals surface area (Å²) in [5, 5.41) is 2.83. The number of hydrogen-bond acceptors (Lipinski definition) is 3. The topological polar surface area (TPSA) is 58.4 Å². The lowest BCUT2D eigenvalue weighted by Gasteiger charge is -2.23. The summed E-state index contributed by atoms with van der Waals surface area (Å²) in [6, 6.07) is 0. The van der Waals surface area contributed by atoms with Crippen LogP contribution in [0.4, 0.5) is 0 Å². The van der Waals surface area contributed by atoms with Crippen molar-refractivity contribution in [2.45, 2.75) is 32.2 Å². The van der Waals surface area contributed by atoms with Crippen LogP contribution < -0.4 is 11.1 Å². The number of amides is 1. The molecule has 4 nitrogen and oxygen atoms in total. The highest BCUT2D eigenvalue weighted by molar-refractivity contribution is 5.85. The Hall–Kier alpha value is -0.610. The Balaban J connectivity index is 3.83. The van der Waals surface area contributed by atoms with Crippen molar-refractivity contribution in [1.82, 2.24) is 10.2 Å².